The molecule has 1 atom stereocenters. The summed E-state index contributed by atoms with van der Waals surface area (Å²) in [6, 6.07) is 1.12. The quantitative estimate of drug-likeness (QED) is 0.868. The summed E-state index contributed by atoms with van der Waals surface area (Å²) in [5.41, 5.74) is 0.683. The van der Waals surface area contributed by atoms with Crippen molar-refractivity contribution in [3.8, 4) is 0 Å². The second-order valence-electron chi connectivity index (χ2n) is 4.06. The zero-order chi connectivity index (χ0) is 11.5. The lowest BCUT2D eigenvalue weighted by Crippen LogP contribution is -2.30. The number of rotatable bonds is 5. The lowest BCUT2D eigenvalue weighted by Gasteiger charge is -2.14. The maximum Gasteiger partial charge on any atom is 0.325 e. The number of aromatic nitrogens is 1. The lowest BCUT2D eigenvalue weighted by atomic mass is 10.1. The number of hydrogen-bond acceptors (Lipinski definition) is 3. The number of carbonyl (C=O) groups is 1. The van der Waals surface area contributed by atoms with Gasteiger partial charge in [-0.1, -0.05) is 0 Å². The van der Waals surface area contributed by atoms with Crippen molar-refractivity contribution in [1.82, 2.24) is 10.3 Å². The first kappa shape index (κ1) is 11.5. The first-order valence-electron chi connectivity index (χ1n) is 5.23. The Hall–Kier alpha value is -0.940. The fourth-order valence-corrected chi connectivity index (χ4v) is 1.92. The van der Waals surface area contributed by atoms with E-state index in [1.54, 1.807) is 18.5 Å². The van der Waals surface area contributed by atoms with E-state index in [0.717, 1.165) is 11.0 Å². The lowest BCUT2D eigenvalue weighted by molar-refractivity contribution is -0.139. The van der Waals surface area contributed by atoms with Crippen molar-refractivity contribution in [2.45, 2.75) is 18.9 Å². The maximum atomic E-state index is 11.1. The molecule has 4 nitrogen and oxygen atoms in total. The molecule has 2 rings (SSSR count). The SMILES string of the molecule is O=C(O)C(NCC1CC1)c1cncc(Br)c1. The number of aliphatic carboxylic acids is 1. The van der Waals surface area contributed by atoms with Crippen LogP contribution in [0.4, 0.5) is 0 Å². The fourth-order valence-electron chi connectivity index (χ4n) is 1.54. The van der Waals surface area contributed by atoms with E-state index in [2.05, 4.69) is 26.2 Å². The van der Waals surface area contributed by atoms with Crippen LogP contribution in [0.2, 0.25) is 0 Å². The molecule has 0 spiro atoms. The van der Waals surface area contributed by atoms with Gasteiger partial charge < -0.3 is 10.4 Å². The van der Waals surface area contributed by atoms with Gasteiger partial charge in [0.25, 0.3) is 0 Å². The first-order valence-corrected chi connectivity index (χ1v) is 6.03. The van der Waals surface area contributed by atoms with Crippen LogP contribution >= 0.6 is 15.9 Å². The number of nitrogens with zero attached hydrogens (tertiary/aromatic N) is 1. The molecule has 0 aromatic carbocycles. The Balaban J connectivity index is 2.07. The third-order valence-corrected chi connectivity index (χ3v) is 3.05. The standard InChI is InChI=1S/C11H13BrN2O2/c12-9-3-8(5-13-6-9)10(11(15)16)14-4-7-1-2-7/h3,5-7,10,14H,1-2,4H2,(H,15,16). The van der Waals surface area contributed by atoms with Crippen LogP contribution in [-0.4, -0.2) is 22.6 Å². The smallest absolute Gasteiger partial charge is 0.325 e. The monoisotopic (exact) mass is 284 g/mol. The van der Waals surface area contributed by atoms with Gasteiger partial charge in [0, 0.05) is 16.9 Å². The van der Waals surface area contributed by atoms with Gasteiger partial charge in [0.1, 0.15) is 6.04 Å². The molecule has 1 unspecified atom stereocenters. The fraction of sp³-hybridized carbons (Fsp3) is 0.455. The van der Waals surface area contributed by atoms with Gasteiger partial charge in [0.05, 0.1) is 0 Å². The van der Waals surface area contributed by atoms with Crippen LogP contribution in [0.3, 0.4) is 0 Å². The summed E-state index contributed by atoms with van der Waals surface area (Å²) in [5, 5.41) is 12.2. The van der Waals surface area contributed by atoms with Crippen molar-refractivity contribution in [2.75, 3.05) is 6.54 Å². The highest BCUT2D eigenvalue weighted by atomic mass is 79.9. The summed E-state index contributed by atoms with van der Waals surface area (Å²) in [4.78, 5) is 15.1. The second-order valence-corrected chi connectivity index (χ2v) is 4.98. The first-order chi connectivity index (χ1) is 7.66. The highest BCUT2D eigenvalue weighted by Crippen LogP contribution is 2.28. The molecule has 0 saturated heterocycles. The minimum absolute atomic E-state index is 0.655. The highest BCUT2D eigenvalue weighted by Gasteiger charge is 2.25. The van der Waals surface area contributed by atoms with E-state index in [1.807, 2.05) is 0 Å². The Morgan fingerprint density at radius 2 is 2.38 bits per heavy atom. The Labute approximate surface area is 102 Å². The van der Waals surface area contributed by atoms with Gasteiger partial charge in [-0.25, -0.2) is 0 Å². The molecule has 86 valence electrons. The summed E-state index contributed by atoms with van der Waals surface area (Å²) in [6.45, 7) is 0.767. The van der Waals surface area contributed by atoms with Crippen LogP contribution in [0.5, 0.6) is 0 Å². The number of pyridine rings is 1. The molecule has 1 aliphatic rings. The van der Waals surface area contributed by atoms with Crippen LogP contribution in [-0.2, 0) is 4.79 Å². The molecule has 1 fully saturated rings. The van der Waals surface area contributed by atoms with Crippen LogP contribution in [0, 0.1) is 5.92 Å². The molecular weight excluding hydrogens is 272 g/mol. The summed E-state index contributed by atoms with van der Waals surface area (Å²) in [7, 11) is 0. The third-order valence-electron chi connectivity index (χ3n) is 2.61. The molecule has 1 aliphatic carbocycles. The van der Waals surface area contributed by atoms with Gasteiger partial charge >= 0.3 is 5.97 Å². The summed E-state index contributed by atoms with van der Waals surface area (Å²) < 4.78 is 0.796. The Bertz CT molecular complexity index is 393. The molecule has 0 aliphatic heterocycles. The van der Waals surface area contributed by atoms with E-state index in [1.165, 1.54) is 12.8 Å². The average molecular weight is 285 g/mol. The maximum absolute atomic E-state index is 11.1. The van der Waals surface area contributed by atoms with Gasteiger partial charge in [-0.2, -0.15) is 0 Å². The number of carboxylic acid groups (broad SMARTS) is 1. The van der Waals surface area contributed by atoms with Gasteiger partial charge in [-0.05, 0) is 52.9 Å². The van der Waals surface area contributed by atoms with Gasteiger partial charge in [0.2, 0.25) is 0 Å². The predicted octanol–water partition coefficient (Wildman–Crippen LogP) is 1.97. The minimum atomic E-state index is -0.861. The number of nitrogens with one attached hydrogen (secondary N) is 1. The van der Waals surface area contributed by atoms with Crippen LogP contribution in [0.15, 0.2) is 22.9 Å². The Morgan fingerprint density at radius 1 is 1.62 bits per heavy atom. The van der Waals surface area contributed by atoms with Gasteiger partial charge in [-0.15, -0.1) is 0 Å². The molecule has 1 aromatic rings. The van der Waals surface area contributed by atoms with Crippen molar-refractivity contribution >= 4 is 21.9 Å². The largest absolute Gasteiger partial charge is 0.480 e. The number of carboxylic acids is 1. The Kier molecular flexibility index (Phi) is 3.56. The molecule has 16 heavy (non-hydrogen) atoms. The highest BCUT2D eigenvalue weighted by molar-refractivity contribution is 9.10. The van der Waals surface area contributed by atoms with Crippen molar-refractivity contribution in [2.24, 2.45) is 5.92 Å². The molecule has 5 heteroatoms. The van der Waals surface area contributed by atoms with E-state index >= 15 is 0 Å². The van der Waals surface area contributed by atoms with Gasteiger partial charge in [-0.3, -0.25) is 9.78 Å². The molecule has 1 aromatic heterocycles. The van der Waals surface area contributed by atoms with Gasteiger partial charge in [0.15, 0.2) is 0 Å². The summed E-state index contributed by atoms with van der Waals surface area (Å²) >= 11 is 3.29. The third kappa shape index (κ3) is 3.02. The zero-order valence-corrected chi connectivity index (χ0v) is 10.3. The number of halogens is 1. The van der Waals surface area contributed by atoms with Crippen LogP contribution in [0.1, 0.15) is 24.4 Å². The normalized spacial score (nSPS) is 17.1. The van der Waals surface area contributed by atoms with Crippen molar-refractivity contribution in [3.63, 3.8) is 0 Å². The average Bonchev–Trinajstić information content (AvgIpc) is 3.01. The molecule has 1 saturated carbocycles. The second kappa shape index (κ2) is 4.93. The number of hydrogen-bond donors (Lipinski definition) is 2. The molecule has 0 amide bonds. The van der Waals surface area contributed by atoms with Crippen molar-refractivity contribution < 1.29 is 9.90 Å². The van der Waals surface area contributed by atoms with E-state index in [4.69, 9.17) is 5.11 Å². The van der Waals surface area contributed by atoms with Crippen molar-refractivity contribution in [3.05, 3.63) is 28.5 Å². The van der Waals surface area contributed by atoms with E-state index in [9.17, 15) is 4.79 Å². The zero-order valence-electron chi connectivity index (χ0n) is 8.69. The molecule has 1 heterocycles. The molecular formula is C11H13BrN2O2. The molecule has 2 N–H and O–H groups in total. The van der Waals surface area contributed by atoms with E-state index in [0.29, 0.717) is 11.5 Å². The molecule has 0 bridgehead atoms. The van der Waals surface area contributed by atoms with E-state index in [-0.39, 0.29) is 0 Å². The molecule has 0 radical (unpaired) electrons. The van der Waals surface area contributed by atoms with E-state index < -0.39 is 12.0 Å². The summed E-state index contributed by atoms with van der Waals surface area (Å²) in [5.74, 6) is -0.206. The topological polar surface area (TPSA) is 62.2 Å². The van der Waals surface area contributed by atoms with Crippen LogP contribution < -0.4 is 5.32 Å². The predicted molar refractivity (Wildman–Crippen MR) is 63.0 cm³/mol. The Morgan fingerprint density at radius 3 is 2.94 bits per heavy atom. The minimum Gasteiger partial charge on any atom is -0.480 e. The summed E-state index contributed by atoms with van der Waals surface area (Å²) in [6.07, 6.45) is 5.64. The van der Waals surface area contributed by atoms with Crippen molar-refractivity contribution in [1.29, 1.82) is 0 Å². The van der Waals surface area contributed by atoms with Crippen LogP contribution in [0.25, 0.3) is 0 Å².